The second-order valence-corrected chi connectivity index (χ2v) is 6.06. The lowest BCUT2D eigenvalue weighted by molar-refractivity contribution is 0.306. The highest BCUT2D eigenvalue weighted by atomic mass is 16.5. The summed E-state index contributed by atoms with van der Waals surface area (Å²) in [5.74, 6) is 0.660. The van der Waals surface area contributed by atoms with E-state index in [9.17, 15) is 4.79 Å². The molecule has 3 nitrogen and oxygen atoms in total. The van der Waals surface area contributed by atoms with Crippen LogP contribution in [0.5, 0.6) is 5.75 Å². The predicted molar refractivity (Wildman–Crippen MR) is 100 cm³/mol. The summed E-state index contributed by atoms with van der Waals surface area (Å²) in [4.78, 5) is 12.4. The van der Waals surface area contributed by atoms with E-state index in [4.69, 9.17) is 9.15 Å². The van der Waals surface area contributed by atoms with Crippen molar-refractivity contribution in [1.29, 1.82) is 0 Å². The van der Waals surface area contributed by atoms with Gasteiger partial charge in [0.2, 0.25) is 0 Å². The first kappa shape index (κ1) is 15.5. The molecule has 3 aromatic carbocycles. The first-order valence-corrected chi connectivity index (χ1v) is 8.41. The Balaban J connectivity index is 1.74. The van der Waals surface area contributed by atoms with E-state index in [-0.39, 0.29) is 5.63 Å². The highest BCUT2D eigenvalue weighted by molar-refractivity contribution is 6.04. The third kappa shape index (κ3) is 3.01. The average Bonchev–Trinajstić information content (AvgIpc) is 2.67. The topological polar surface area (TPSA) is 39.4 Å². The fourth-order valence-corrected chi connectivity index (χ4v) is 3.01. The van der Waals surface area contributed by atoms with Gasteiger partial charge in [-0.3, -0.25) is 0 Å². The van der Waals surface area contributed by atoms with Crippen LogP contribution in [0, 0.1) is 0 Å². The van der Waals surface area contributed by atoms with Gasteiger partial charge in [-0.15, -0.1) is 0 Å². The van der Waals surface area contributed by atoms with Gasteiger partial charge < -0.3 is 9.15 Å². The van der Waals surface area contributed by atoms with Gasteiger partial charge in [0.05, 0.1) is 5.39 Å². The summed E-state index contributed by atoms with van der Waals surface area (Å²) in [5, 5.41) is 2.38. The lowest BCUT2D eigenvalue weighted by Gasteiger charge is -2.08. The van der Waals surface area contributed by atoms with Gasteiger partial charge in [-0.2, -0.15) is 0 Å². The molecule has 0 bridgehead atoms. The summed E-state index contributed by atoms with van der Waals surface area (Å²) in [6, 6.07) is 21.6. The van der Waals surface area contributed by atoms with E-state index in [1.54, 1.807) is 6.07 Å². The van der Waals surface area contributed by atoms with Gasteiger partial charge in [-0.25, -0.2) is 4.79 Å². The molecule has 0 aliphatic heterocycles. The van der Waals surface area contributed by atoms with Crippen LogP contribution in [0.25, 0.3) is 21.7 Å². The molecule has 0 unspecified atom stereocenters. The molecule has 0 amide bonds. The molecule has 0 aliphatic carbocycles. The molecule has 1 heterocycles. The largest absolute Gasteiger partial charge is 0.489 e. The molecule has 3 heteroatoms. The van der Waals surface area contributed by atoms with Gasteiger partial charge in [0.15, 0.2) is 0 Å². The maximum Gasteiger partial charge on any atom is 0.344 e. The predicted octanol–water partition coefficient (Wildman–Crippen LogP) is 5.09. The first-order chi connectivity index (χ1) is 12.2. The van der Waals surface area contributed by atoms with Crippen LogP contribution in [0.4, 0.5) is 0 Å². The Morgan fingerprint density at radius 3 is 2.44 bits per heavy atom. The van der Waals surface area contributed by atoms with E-state index < -0.39 is 0 Å². The van der Waals surface area contributed by atoms with E-state index in [0.29, 0.717) is 23.3 Å². The van der Waals surface area contributed by atoms with Crippen LogP contribution < -0.4 is 10.4 Å². The van der Waals surface area contributed by atoms with Gasteiger partial charge in [-0.05, 0) is 41.8 Å². The monoisotopic (exact) mass is 330 g/mol. The van der Waals surface area contributed by atoms with Crippen LogP contribution in [0.1, 0.15) is 18.1 Å². The van der Waals surface area contributed by atoms with Gasteiger partial charge in [0.25, 0.3) is 0 Å². The Hall–Kier alpha value is -3.07. The Kier molecular flexibility index (Phi) is 3.98. The lowest BCUT2D eigenvalue weighted by Crippen LogP contribution is -2.01. The quantitative estimate of drug-likeness (QED) is 0.386. The molecule has 0 aliphatic rings. The molecular weight excluding hydrogens is 312 g/mol. The number of hydrogen-bond donors (Lipinski definition) is 0. The van der Waals surface area contributed by atoms with Crippen molar-refractivity contribution in [2.45, 2.75) is 20.0 Å². The highest BCUT2D eigenvalue weighted by Gasteiger charge is 2.09. The summed E-state index contributed by atoms with van der Waals surface area (Å²) in [6.07, 6.45) is 0.907. The van der Waals surface area contributed by atoms with Crippen LogP contribution in [0.15, 0.2) is 75.9 Å². The normalized spacial score (nSPS) is 11.1. The van der Waals surface area contributed by atoms with Crippen molar-refractivity contribution in [3.8, 4) is 5.75 Å². The van der Waals surface area contributed by atoms with Gasteiger partial charge in [0, 0.05) is 10.8 Å². The van der Waals surface area contributed by atoms with E-state index in [0.717, 1.165) is 28.3 Å². The van der Waals surface area contributed by atoms with Crippen LogP contribution in [0.3, 0.4) is 0 Å². The van der Waals surface area contributed by atoms with Gasteiger partial charge >= 0.3 is 5.63 Å². The van der Waals surface area contributed by atoms with Crippen molar-refractivity contribution in [3.63, 3.8) is 0 Å². The molecule has 124 valence electrons. The zero-order valence-corrected chi connectivity index (χ0v) is 14.0. The van der Waals surface area contributed by atoms with Crippen LogP contribution in [0.2, 0.25) is 0 Å². The molecule has 1 aromatic heterocycles. The zero-order chi connectivity index (χ0) is 17.2. The fourth-order valence-electron chi connectivity index (χ4n) is 3.01. The number of fused-ring (bicyclic) bond motifs is 3. The number of hydrogen-bond acceptors (Lipinski definition) is 3. The molecule has 4 rings (SSSR count). The molecule has 4 aromatic rings. The first-order valence-electron chi connectivity index (χ1n) is 8.41. The third-order valence-corrected chi connectivity index (χ3v) is 4.41. The van der Waals surface area contributed by atoms with Gasteiger partial charge in [-0.1, -0.05) is 49.4 Å². The zero-order valence-electron chi connectivity index (χ0n) is 14.0. The van der Waals surface area contributed by atoms with Crippen LogP contribution >= 0.6 is 0 Å². The third-order valence-electron chi connectivity index (χ3n) is 4.41. The molecular formula is C22H18O3. The van der Waals surface area contributed by atoms with Crippen LogP contribution in [-0.4, -0.2) is 0 Å². The SMILES string of the molecule is CCc1ccc2c(c1)oc(=O)c1cc(OCc3ccccc3)ccc12. The molecule has 0 saturated carbocycles. The molecule has 0 radical (unpaired) electrons. The van der Waals surface area contributed by atoms with Crippen molar-refractivity contribution >= 4 is 21.7 Å². The van der Waals surface area contributed by atoms with Crippen molar-refractivity contribution in [2.24, 2.45) is 0 Å². The maximum atomic E-state index is 12.4. The standard InChI is InChI=1S/C22H18O3/c1-2-15-8-10-19-18-11-9-17(24-14-16-6-4-3-5-7-16)13-20(18)22(23)25-21(19)12-15/h3-13H,2,14H2,1H3. The minimum atomic E-state index is -0.332. The number of ether oxygens (including phenoxy) is 1. The van der Waals surface area contributed by atoms with E-state index in [2.05, 4.69) is 13.0 Å². The van der Waals surface area contributed by atoms with E-state index >= 15 is 0 Å². The average molecular weight is 330 g/mol. The Bertz CT molecular complexity index is 1090. The fraction of sp³-hybridized carbons (Fsp3) is 0.136. The minimum Gasteiger partial charge on any atom is -0.489 e. The molecule has 0 spiro atoms. The maximum absolute atomic E-state index is 12.4. The highest BCUT2D eigenvalue weighted by Crippen LogP contribution is 2.27. The molecule has 0 saturated heterocycles. The Morgan fingerprint density at radius 2 is 1.64 bits per heavy atom. The number of rotatable bonds is 4. The van der Waals surface area contributed by atoms with Gasteiger partial charge in [0.1, 0.15) is 17.9 Å². The minimum absolute atomic E-state index is 0.332. The second kappa shape index (κ2) is 6.44. The van der Waals surface area contributed by atoms with Crippen LogP contribution in [-0.2, 0) is 13.0 Å². The lowest BCUT2D eigenvalue weighted by atomic mass is 10.0. The second-order valence-electron chi connectivity index (χ2n) is 6.06. The summed E-state index contributed by atoms with van der Waals surface area (Å²) in [7, 11) is 0. The molecule has 25 heavy (non-hydrogen) atoms. The molecule has 0 atom stereocenters. The van der Waals surface area contributed by atoms with Crippen molar-refractivity contribution < 1.29 is 9.15 Å². The van der Waals surface area contributed by atoms with E-state index in [1.165, 1.54) is 0 Å². The smallest absolute Gasteiger partial charge is 0.344 e. The van der Waals surface area contributed by atoms with Crippen molar-refractivity contribution in [2.75, 3.05) is 0 Å². The van der Waals surface area contributed by atoms with E-state index in [1.807, 2.05) is 54.6 Å². The molecule has 0 fully saturated rings. The summed E-state index contributed by atoms with van der Waals surface area (Å²) in [5.41, 5.74) is 2.54. The Morgan fingerprint density at radius 1 is 0.840 bits per heavy atom. The Labute approximate surface area is 145 Å². The van der Waals surface area contributed by atoms with Crippen molar-refractivity contribution in [3.05, 3.63) is 88.3 Å². The van der Waals surface area contributed by atoms with Crippen molar-refractivity contribution in [1.82, 2.24) is 0 Å². The number of benzene rings is 3. The summed E-state index contributed by atoms with van der Waals surface area (Å²) in [6.45, 7) is 2.54. The summed E-state index contributed by atoms with van der Waals surface area (Å²) < 4.78 is 11.3. The molecule has 0 N–H and O–H groups in total. The summed E-state index contributed by atoms with van der Waals surface area (Å²) >= 11 is 0. The number of aryl methyl sites for hydroxylation is 1.